The van der Waals surface area contributed by atoms with Crippen molar-refractivity contribution in [3.05, 3.63) is 48.9 Å². The Labute approximate surface area is 169 Å². The summed E-state index contributed by atoms with van der Waals surface area (Å²) in [5, 5.41) is 8.63. The number of ether oxygens (including phenoxy) is 2. The van der Waals surface area contributed by atoms with Gasteiger partial charge in [-0.15, -0.1) is 0 Å². The van der Waals surface area contributed by atoms with Gasteiger partial charge in [0.2, 0.25) is 0 Å². The predicted molar refractivity (Wildman–Crippen MR) is 106 cm³/mol. The molecule has 0 atom stereocenters. The first-order valence-electron chi connectivity index (χ1n) is 9.71. The topological polar surface area (TPSA) is 102 Å². The summed E-state index contributed by atoms with van der Waals surface area (Å²) in [6.07, 6.45) is 7.85. The summed E-state index contributed by atoms with van der Waals surface area (Å²) in [4.78, 5) is 33.0. The van der Waals surface area contributed by atoms with Crippen LogP contribution in [0.15, 0.2) is 48.9 Å². The van der Waals surface area contributed by atoms with E-state index < -0.39 is 12.1 Å². The molecule has 3 rings (SSSR count). The third-order valence-electron chi connectivity index (χ3n) is 4.96. The molecule has 1 aromatic heterocycles. The Bertz CT molecular complexity index is 740. The summed E-state index contributed by atoms with van der Waals surface area (Å²) in [5.74, 6) is 0.107. The Morgan fingerprint density at radius 2 is 1.72 bits per heavy atom. The van der Waals surface area contributed by atoms with Gasteiger partial charge < -0.3 is 14.6 Å². The normalized spacial score (nSPS) is 18.8. The number of carboxylic acids is 1. The minimum absolute atomic E-state index is 0.255. The fraction of sp³-hybridized carbons (Fsp3) is 0.429. The number of rotatable bonds is 8. The molecule has 0 radical (unpaired) electrons. The number of aromatic nitrogens is 2. The fourth-order valence-electron chi connectivity index (χ4n) is 3.45. The lowest BCUT2D eigenvalue weighted by Crippen LogP contribution is -2.30. The van der Waals surface area contributed by atoms with Crippen LogP contribution in [0.25, 0.3) is 0 Å². The molecule has 0 saturated heterocycles. The molecule has 1 amide bonds. The van der Waals surface area contributed by atoms with Crippen LogP contribution in [0.5, 0.6) is 0 Å². The Morgan fingerprint density at radius 3 is 2.34 bits per heavy atom. The summed E-state index contributed by atoms with van der Waals surface area (Å²) in [7, 11) is 0. The molecule has 1 aliphatic carbocycles. The zero-order chi connectivity index (χ0) is 20.5. The maximum Gasteiger partial charge on any atom is 0.420 e. The largest absolute Gasteiger partial charge is 0.480 e. The van der Waals surface area contributed by atoms with Crippen LogP contribution in [-0.4, -0.2) is 47.0 Å². The number of carbonyl (C=O) groups is 2. The molecule has 0 spiro atoms. The van der Waals surface area contributed by atoms with Crippen LogP contribution in [0.1, 0.15) is 25.7 Å². The molecule has 0 aliphatic heterocycles. The number of para-hydroxylation sites is 1. The maximum atomic E-state index is 12.8. The molecular formula is C21H25N3O5. The number of anilines is 2. The molecule has 1 heterocycles. The van der Waals surface area contributed by atoms with Gasteiger partial charge in [-0.3, -0.25) is 4.98 Å². The van der Waals surface area contributed by atoms with Crippen LogP contribution in [0, 0.1) is 11.8 Å². The van der Waals surface area contributed by atoms with Gasteiger partial charge in [-0.1, -0.05) is 18.2 Å². The Morgan fingerprint density at radius 1 is 1.03 bits per heavy atom. The highest BCUT2D eigenvalue weighted by molar-refractivity contribution is 5.94. The van der Waals surface area contributed by atoms with Crippen LogP contribution in [-0.2, 0) is 14.3 Å². The van der Waals surface area contributed by atoms with Crippen molar-refractivity contribution in [2.45, 2.75) is 25.7 Å². The van der Waals surface area contributed by atoms with Gasteiger partial charge >= 0.3 is 12.1 Å². The number of benzene rings is 1. The van der Waals surface area contributed by atoms with E-state index in [2.05, 4.69) is 9.97 Å². The van der Waals surface area contributed by atoms with Crippen LogP contribution in [0.3, 0.4) is 0 Å². The van der Waals surface area contributed by atoms with Gasteiger partial charge in [-0.05, 0) is 49.7 Å². The second-order valence-corrected chi connectivity index (χ2v) is 7.11. The van der Waals surface area contributed by atoms with Crippen LogP contribution >= 0.6 is 0 Å². The van der Waals surface area contributed by atoms with Crippen molar-refractivity contribution in [3.8, 4) is 0 Å². The van der Waals surface area contributed by atoms with Gasteiger partial charge in [0.1, 0.15) is 6.61 Å². The van der Waals surface area contributed by atoms with Crippen LogP contribution < -0.4 is 4.90 Å². The third-order valence-corrected chi connectivity index (χ3v) is 4.96. The number of aliphatic carboxylic acids is 1. The average molecular weight is 399 g/mol. The lowest BCUT2D eigenvalue weighted by Gasteiger charge is -2.28. The highest BCUT2D eigenvalue weighted by Crippen LogP contribution is 2.30. The number of hydrogen-bond acceptors (Lipinski definition) is 6. The number of carboxylic acid groups (broad SMARTS) is 1. The smallest absolute Gasteiger partial charge is 0.420 e. The molecule has 8 heteroatoms. The molecule has 1 N–H and O–H groups in total. The molecule has 8 nitrogen and oxygen atoms in total. The summed E-state index contributed by atoms with van der Waals surface area (Å²) in [5.41, 5.74) is 0.664. The van der Waals surface area contributed by atoms with Gasteiger partial charge in [-0.25, -0.2) is 19.5 Å². The van der Waals surface area contributed by atoms with E-state index in [1.165, 1.54) is 17.3 Å². The van der Waals surface area contributed by atoms with E-state index in [9.17, 15) is 9.59 Å². The lowest BCUT2D eigenvalue weighted by molar-refractivity contribution is -0.142. The van der Waals surface area contributed by atoms with Crippen molar-refractivity contribution in [2.75, 3.05) is 24.7 Å². The van der Waals surface area contributed by atoms with E-state index in [1.807, 2.05) is 30.3 Å². The van der Waals surface area contributed by atoms with Gasteiger partial charge in [0.05, 0.1) is 25.1 Å². The van der Waals surface area contributed by atoms with E-state index in [0.29, 0.717) is 30.6 Å². The highest BCUT2D eigenvalue weighted by Gasteiger charge is 2.25. The zero-order valence-corrected chi connectivity index (χ0v) is 16.1. The first-order valence-corrected chi connectivity index (χ1v) is 9.71. The second-order valence-electron chi connectivity index (χ2n) is 7.11. The number of amides is 1. The molecule has 0 bridgehead atoms. The fourth-order valence-corrected chi connectivity index (χ4v) is 3.45. The van der Waals surface area contributed by atoms with Gasteiger partial charge in [0.25, 0.3) is 0 Å². The van der Waals surface area contributed by atoms with Crippen molar-refractivity contribution in [2.24, 2.45) is 11.8 Å². The van der Waals surface area contributed by atoms with Gasteiger partial charge in [0.15, 0.2) is 5.82 Å². The summed E-state index contributed by atoms with van der Waals surface area (Å²) in [6, 6.07) is 9.21. The Kier molecular flexibility index (Phi) is 7.52. The molecule has 2 aromatic rings. The predicted octanol–water partition coefficient (Wildman–Crippen LogP) is 3.66. The minimum atomic E-state index is -0.948. The molecule has 1 aromatic carbocycles. The van der Waals surface area contributed by atoms with E-state index in [1.54, 1.807) is 6.20 Å². The summed E-state index contributed by atoms with van der Waals surface area (Å²) >= 11 is 0. The molecule has 1 saturated carbocycles. The summed E-state index contributed by atoms with van der Waals surface area (Å²) < 4.78 is 10.8. The number of nitrogens with zero attached hydrogens (tertiary/aromatic N) is 3. The second kappa shape index (κ2) is 10.5. The standard InChI is InChI=1S/C21H25N3O5/c25-20(26)15-28-13-16-6-8-17(9-7-16)14-29-21(27)24(18-4-2-1-3-5-18)19-12-22-10-11-23-19/h1-5,10-12,16-17H,6-9,13-15H2,(H,25,26). The van der Waals surface area contributed by atoms with Crippen molar-refractivity contribution in [1.29, 1.82) is 0 Å². The molecule has 0 unspecified atom stereocenters. The summed E-state index contributed by atoms with van der Waals surface area (Å²) in [6.45, 7) is 0.549. The first kappa shape index (κ1) is 20.7. The molecule has 154 valence electrons. The van der Waals surface area contributed by atoms with Gasteiger partial charge in [-0.2, -0.15) is 0 Å². The molecule has 29 heavy (non-hydrogen) atoms. The molecular weight excluding hydrogens is 374 g/mol. The van der Waals surface area contributed by atoms with Crippen molar-refractivity contribution >= 4 is 23.6 Å². The van der Waals surface area contributed by atoms with E-state index in [0.717, 1.165) is 25.7 Å². The SMILES string of the molecule is O=C(O)COCC1CCC(COC(=O)N(c2ccccc2)c2cnccn2)CC1. The average Bonchev–Trinajstić information content (AvgIpc) is 2.75. The monoisotopic (exact) mass is 399 g/mol. The lowest BCUT2D eigenvalue weighted by atomic mass is 9.83. The number of carbonyl (C=O) groups excluding carboxylic acids is 1. The van der Waals surface area contributed by atoms with Crippen molar-refractivity contribution < 1.29 is 24.2 Å². The van der Waals surface area contributed by atoms with E-state index in [-0.39, 0.29) is 12.5 Å². The van der Waals surface area contributed by atoms with E-state index >= 15 is 0 Å². The third kappa shape index (κ3) is 6.25. The van der Waals surface area contributed by atoms with E-state index in [4.69, 9.17) is 14.6 Å². The zero-order valence-electron chi connectivity index (χ0n) is 16.1. The Balaban J connectivity index is 1.52. The Hall–Kier alpha value is -3.00. The first-order chi connectivity index (χ1) is 14.1. The van der Waals surface area contributed by atoms with Crippen molar-refractivity contribution in [1.82, 2.24) is 9.97 Å². The van der Waals surface area contributed by atoms with Crippen LogP contribution in [0.2, 0.25) is 0 Å². The number of hydrogen-bond donors (Lipinski definition) is 1. The van der Waals surface area contributed by atoms with Crippen LogP contribution in [0.4, 0.5) is 16.3 Å². The molecule has 1 aliphatic rings. The minimum Gasteiger partial charge on any atom is -0.480 e. The highest BCUT2D eigenvalue weighted by atomic mass is 16.6. The molecule has 1 fully saturated rings. The maximum absolute atomic E-state index is 12.8. The quantitative estimate of drug-likeness (QED) is 0.723. The van der Waals surface area contributed by atoms with Gasteiger partial charge in [0, 0.05) is 12.4 Å². The van der Waals surface area contributed by atoms with Crippen molar-refractivity contribution in [3.63, 3.8) is 0 Å².